The van der Waals surface area contributed by atoms with E-state index in [2.05, 4.69) is 16.0 Å². The van der Waals surface area contributed by atoms with Gasteiger partial charge in [0, 0.05) is 18.2 Å². The van der Waals surface area contributed by atoms with Crippen LogP contribution < -0.4 is 16.0 Å². The second kappa shape index (κ2) is 16.3. The van der Waals surface area contributed by atoms with Crippen molar-refractivity contribution < 1.29 is 28.7 Å². The minimum Gasteiger partial charge on any atom is -0.499 e. The predicted molar refractivity (Wildman–Crippen MR) is 158 cm³/mol. The van der Waals surface area contributed by atoms with Crippen LogP contribution in [-0.4, -0.2) is 90.8 Å². The molecule has 0 radical (unpaired) electrons. The quantitative estimate of drug-likeness (QED) is 0.253. The van der Waals surface area contributed by atoms with Crippen LogP contribution in [0.5, 0.6) is 0 Å². The number of hydrogen-bond acceptors (Lipinski definition) is 7. The highest BCUT2D eigenvalue weighted by molar-refractivity contribution is 6.07. The second-order valence-electron chi connectivity index (χ2n) is 11.5. The molecule has 5 amide bonds. The van der Waals surface area contributed by atoms with Crippen LogP contribution >= 0.6 is 0 Å². The number of imide groups is 1. The first-order chi connectivity index (χ1) is 19.1. The third-order valence-electron chi connectivity index (χ3n) is 7.72. The Hall–Kier alpha value is -3.21. The lowest BCUT2D eigenvalue weighted by Crippen LogP contribution is -2.60. The number of likely N-dealkylation sites (N-methyl/N-ethyl adjacent to an activating group) is 1. The Labute approximate surface area is 245 Å². The van der Waals surface area contributed by atoms with Crippen LogP contribution in [0.25, 0.3) is 0 Å². The van der Waals surface area contributed by atoms with Gasteiger partial charge in [0.1, 0.15) is 17.8 Å². The molecule has 0 bridgehead atoms. The van der Waals surface area contributed by atoms with Crippen molar-refractivity contribution in [3.63, 3.8) is 0 Å². The molecule has 0 saturated heterocycles. The van der Waals surface area contributed by atoms with Gasteiger partial charge >= 0.3 is 0 Å². The Morgan fingerprint density at radius 3 is 1.83 bits per heavy atom. The fourth-order valence-corrected chi connectivity index (χ4v) is 4.85. The Kier molecular flexibility index (Phi) is 14.2. The van der Waals surface area contributed by atoms with Crippen molar-refractivity contribution in [3.8, 4) is 0 Å². The molecule has 1 aliphatic rings. The molecule has 0 saturated carbocycles. The van der Waals surface area contributed by atoms with Gasteiger partial charge in [-0.05, 0) is 45.7 Å². The lowest BCUT2D eigenvalue weighted by Gasteiger charge is -2.32. The summed E-state index contributed by atoms with van der Waals surface area (Å²) < 4.78 is 5.14. The SMILES string of the molecule is CC[C@H](C)[C@H](NC(=O)[C@@H](NC(=O)[C@H](C(C)C)N(C)C)[C@@H](C)CC)C(=O)N[C@@H](C)/C=C/C(=O)N1C(=O)C=C(OC)[C@@H]1C. The van der Waals surface area contributed by atoms with E-state index in [9.17, 15) is 24.0 Å². The first-order valence-corrected chi connectivity index (χ1v) is 14.5. The Bertz CT molecular complexity index is 999. The number of amides is 5. The average Bonchev–Trinajstić information content (AvgIpc) is 3.19. The Balaban J connectivity index is 3.01. The van der Waals surface area contributed by atoms with E-state index in [0.717, 1.165) is 4.90 Å². The molecular weight excluding hydrogens is 526 g/mol. The van der Waals surface area contributed by atoms with Crippen LogP contribution in [0.15, 0.2) is 24.0 Å². The highest BCUT2D eigenvalue weighted by Gasteiger charge is 2.36. The van der Waals surface area contributed by atoms with Crippen LogP contribution in [0.1, 0.15) is 68.2 Å². The minimum atomic E-state index is -0.856. The van der Waals surface area contributed by atoms with Gasteiger partial charge in [0.2, 0.25) is 17.7 Å². The molecule has 0 aromatic rings. The molecule has 0 spiro atoms. The molecule has 0 aromatic carbocycles. The van der Waals surface area contributed by atoms with E-state index in [1.807, 2.05) is 60.5 Å². The molecule has 0 unspecified atom stereocenters. The topological polar surface area (TPSA) is 137 Å². The van der Waals surface area contributed by atoms with E-state index >= 15 is 0 Å². The minimum absolute atomic E-state index is 0.0378. The first kappa shape index (κ1) is 35.8. The van der Waals surface area contributed by atoms with Gasteiger partial charge in [-0.3, -0.25) is 33.8 Å². The van der Waals surface area contributed by atoms with Crippen LogP contribution in [-0.2, 0) is 28.7 Å². The summed E-state index contributed by atoms with van der Waals surface area (Å²) in [5.74, 6) is -1.98. The molecular formula is C30H51N5O6. The van der Waals surface area contributed by atoms with E-state index in [4.69, 9.17) is 4.74 Å². The molecule has 1 rings (SSSR count). The number of ether oxygens (including phenoxy) is 1. The summed E-state index contributed by atoms with van der Waals surface area (Å²) in [7, 11) is 5.09. The number of hydrogen-bond donors (Lipinski definition) is 3. The monoisotopic (exact) mass is 577 g/mol. The molecule has 1 heterocycles. The summed E-state index contributed by atoms with van der Waals surface area (Å²) in [6.07, 6.45) is 5.30. The molecule has 41 heavy (non-hydrogen) atoms. The highest BCUT2D eigenvalue weighted by Crippen LogP contribution is 2.20. The van der Waals surface area contributed by atoms with E-state index in [1.54, 1.807) is 13.8 Å². The van der Waals surface area contributed by atoms with Crippen molar-refractivity contribution in [1.29, 1.82) is 0 Å². The van der Waals surface area contributed by atoms with Gasteiger partial charge in [0.05, 0.1) is 19.2 Å². The van der Waals surface area contributed by atoms with Crippen molar-refractivity contribution in [2.24, 2.45) is 17.8 Å². The van der Waals surface area contributed by atoms with Crippen LogP contribution in [0.2, 0.25) is 0 Å². The largest absolute Gasteiger partial charge is 0.499 e. The van der Waals surface area contributed by atoms with E-state index < -0.39 is 53.8 Å². The molecule has 0 fully saturated rings. The molecule has 11 nitrogen and oxygen atoms in total. The summed E-state index contributed by atoms with van der Waals surface area (Å²) in [6, 6.07) is -3.16. The fraction of sp³-hybridized carbons (Fsp3) is 0.700. The third kappa shape index (κ3) is 9.69. The van der Waals surface area contributed by atoms with E-state index in [0.29, 0.717) is 18.6 Å². The summed E-state index contributed by atoms with van der Waals surface area (Å²) in [4.78, 5) is 67.7. The zero-order valence-electron chi connectivity index (χ0n) is 26.6. The summed E-state index contributed by atoms with van der Waals surface area (Å²) in [6.45, 7) is 14.9. The first-order valence-electron chi connectivity index (χ1n) is 14.5. The van der Waals surface area contributed by atoms with Crippen molar-refractivity contribution >= 4 is 29.5 Å². The standard InChI is InChI=1S/C30H51N5O6/c1-12-18(5)25(32-29(39)26(19(6)13-2)33-30(40)27(17(3)4)34(9)10)28(38)31-20(7)14-15-23(36)35-21(8)22(41-11)16-24(35)37/h14-21,25-27H,12-13H2,1-11H3,(H,31,38)(H,32,39)(H,33,40)/b15-14+/t18-,19-,20-,21-,25-,26-,27-/m0/s1. The van der Waals surface area contributed by atoms with Gasteiger partial charge in [-0.2, -0.15) is 0 Å². The zero-order valence-corrected chi connectivity index (χ0v) is 26.6. The zero-order chi connectivity index (χ0) is 31.6. The van der Waals surface area contributed by atoms with Crippen molar-refractivity contribution in [1.82, 2.24) is 25.8 Å². The maximum atomic E-state index is 13.5. The highest BCUT2D eigenvalue weighted by atomic mass is 16.5. The summed E-state index contributed by atoms with van der Waals surface area (Å²) in [5, 5.41) is 8.64. The van der Waals surface area contributed by atoms with Gasteiger partial charge < -0.3 is 20.7 Å². The normalized spacial score (nSPS) is 19.8. The number of carbonyl (C=O) groups excluding carboxylic acids is 5. The average molecular weight is 578 g/mol. The maximum absolute atomic E-state index is 13.5. The number of carbonyl (C=O) groups is 5. The van der Waals surface area contributed by atoms with Gasteiger partial charge in [0.15, 0.2) is 0 Å². The molecule has 232 valence electrons. The van der Waals surface area contributed by atoms with Crippen molar-refractivity contribution in [3.05, 3.63) is 24.0 Å². The van der Waals surface area contributed by atoms with Crippen molar-refractivity contribution in [2.75, 3.05) is 21.2 Å². The number of rotatable bonds is 15. The van der Waals surface area contributed by atoms with Gasteiger partial charge in [-0.15, -0.1) is 0 Å². The fourth-order valence-electron chi connectivity index (χ4n) is 4.85. The van der Waals surface area contributed by atoms with Gasteiger partial charge in [-0.1, -0.05) is 60.5 Å². The Morgan fingerprint density at radius 1 is 0.927 bits per heavy atom. The van der Waals surface area contributed by atoms with Gasteiger partial charge in [0.25, 0.3) is 11.8 Å². The van der Waals surface area contributed by atoms with E-state index in [1.165, 1.54) is 25.3 Å². The lowest BCUT2D eigenvalue weighted by atomic mass is 9.94. The molecule has 0 aromatic heterocycles. The summed E-state index contributed by atoms with van der Waals surface area (Å²) in [5.41, 5.74) is 0. The molecule has 11 heteroatoms. The van der Waals surface area contributed by atoms with Crippen LogP contribution in [0, 0.1) is 17.8 Å². The van der Waals surface area contributed by atoms with E-state index in [-0.39, 0.29) is 23.7 Å². The predicted octanol–water partition coefficient (Wildman–Crippen LogP) is 1.98. The number of nitrogens with one attached hydrogen (secondary N) is 3. The number of nitrogens with zero attached hydrogens (tertiary/aromatic N) is 2. The van der Waals surface area contributed by atoms with Crippen LogP contribution in [0.3, 0.4) is 0 Å². The smallest absolute Gasteiger partial charge is 0.257 e. The second-order valence-corrected chi connectivity index (χ2v) is 11.5. The molecule has 3 N–H and O–H groups in total. The van der Waals surface area contributed by atoms with Crippen molar-refractivity contribution in [2.45, 2.75) is 98.4 Å². The lowest BCUT2D eigenvalue weighted by molar-refractivity contribution is -0.139. The molecule has 7 atom stereocenters. The Morgan fingerprint density at radius 2 is 1.41 bits per heavy atom. The summed E-state index contributed by atoms with van der Waals surface area (Å²) >= 11 is 0. The third-order valence-corrected chi connectivity index (χ3v) is 7.72. The molecule has 1 aliphatic heterocycles. The molecule has 0 aliphatic carbocycles. The number of methoxy groups -OCH3 is 1. The maximum Gasteiger partial charge on any atom is 0.257 e. The van der Waals surface area contributed by atoms with Crippen LogP contribution in [0.4, 0.5) is 0 Å². The van der Waals surface area contributed by atoms with Gasteiger partial charge in [-0.25, -0.2) is 0 Å².